The monoisotopic (exact) mass is 250 g/mol. The van der Waals surface area contributed by atoms with Crippen molar-refractivity contribution in [2.24, 2.45) is 0 Å². The summed E-state index contributed by atoms with van der Waals surface area (Å²) in [6, 6.07) is 4.20. The fourth-order valence-corrected chi connectivity index (χ4v) is 1.71. The maximum atomic E-state index is 13.2. The van der Waals surface area contributed by atoms with E-state index in [0.29, 0.717) is 17.9 Å². The molecule has 1 N–H and O–H groups in total. The van der Waals surface area contributed by atoms with Crippen LogP contribution < -0.4 is 4.74 Å². The lowest BCUT2D eigenvalue weighted by Crippen LogP contribution is -2.04. The Bertz CT molecular complexity index is 525. The molecule has 2 aromatic rings. The molecule has 1 aromatic heterocycles. The van der Waals surface area contributed by atoms with Gasteiger partial charge in [0.15, 0.2) is 0 Å². The van der Waals surface area contributed by atoms with Gasteiger partial charge in [0.1, 0.15) is 18.2 Å². The van der Waals surface area contributed by atoms with Gasteiger partial charge < -0.3 is 14.4 Å². The van der Waals surface area contributed by atoms with Crippen LogP contribution in [-0.2, 0) is 19.8 Å². The first kappa shape index (κ1) is 12.6. The first-order valence-electron chi connectivity index (χ1n) is 5.75. The molecule has 0 saturated carbocycles. The van der Waals surface area contributed by atoms with E-state index in [1.54, 1.807) is 18.6 Å². The van der Waals surface area contributed by atoms with Gasteiger partial charge in [0.25, 0.3) is 0 Å². The van der Waals surface area contributed by atoms with Crippen LogP contribution in [0.5, 0.6) is 5.75 Å². The molecule has 4 nitrogen and oxygen atoms in total. The van der Waals surface area contributed by atoms with Crippen molar-refractivity contribution in [1.82, 2.24) is 9.55 Å². The Morgan fingerprint density at radius 1 is 1.39 bits per heavy atom. The molecular weight excluding hydrogens is 235 g/mol. The van der Waals surface area contributed by atoms with Gasteiger partial charge in [-0.05, 0) is 24.6 Å². The lowest BCUT2D eigenvalue weighted by atomic mass is 10.2. The van der Waals surface area contributed by atoms with Crippen molar-refractivity contribution in [3.05, 3.63) is 47.8 Å². The van der Waals surface area contributed by atoms with Gasteiger partial charge in [-0.25, -0.2) is 9.37 Å². The van der Waals surface area contributed by atoms with Crippen LogP contribution in [0.15, 0.2) is 30.7 Å². The number of aromatic nitrogens is 2. The highest BCUT2D eigenvalue weighted by Crippen LogP contribution is 2.18. The number of imidazole rings is 1. The fraction of sp³-hybridized carbons (Fsp3) is 0.308. The molecule has 0 fully saturated rings. The number of hydrogen-bond donors (Lipinski definition) is 1. The van der Waals surface area contributed by atoms with Crippen molar-refractivity contribution in [2.45, 2.75) is 26.7 Å². The summed E-state index contributed by atoms with van der Waals surface area (Å²) < 4.78 is 20.7. The SMILES string of the molecule is CCn1cncc1COc1cc(F)cc(CO)c1. The van der Waals surface area contributed by atoms with E-state index in [0.717, 1.165) is 12.2 Å². The van der Waals surface area contributed by atoms with E-state index in [9.17, 15) is 4.39 Å². The number of aliphatic hydroxyl groups excluding tert-OH is 1. The van der Waals surface area contributed by atoms with Gasteiger partial charge in [0.2, 0.25) is 0 Å². The summed E-state index contributed by atoms with van der Waals surface area (Å²) in [6.07, 6.45) is 3.44. The molecule has 0 atom stereocenters. The fourth-order valence-electron chi connectivity index (χ4n) is 1.71. The van der Waals surface area contributed by atoms with E-state index in [1.165, 1.54) is 12.1 Å². The highest BCUT2D eigenvalue weighted by molar-refractivity contribution is 5.29. The van der Waals surface area contributed by atoms with Gasteiger partial charge in [-0.3, -0.25) is 0 Å². The molecule has 0 aliphatic rings. The average Bonchev–Trinajstić information content (AvgIpc) is 2.83. The molecule has 2 rings (SSSR count). The summed E-state index contributed by atoms with van der Waals surface area (Å²) in [5, 5.41) is 8.98. The Labute approximate surface area is 105 Å². The second-order valence-corrected chi connectivity index (χ2v) is 3.91. The number of aryl methyl sites for hydroxylation is 1. The molecule has 96 valence electrons. The van der Waals surface area contributed by atoms with Crippen molar-refractivity contribution < 1.29 is 14.2 Å². The van der Waals surface area contributed by atoms with Crippen molar-refractivity contribution >= 4 is 0 Å². The van der Waals surface area contributed by atoms with Crippen molar-refractivity contribution in [2.75, 3.05) is 0 Å². The van der Waals surface area contributed by atoms with Gasteiger partial charge >= 0.3 is 0 Å². The van der Waals surface area contributed by atoms with E-state index in [4.69, 9.17) is 9.84 Å². The lowest BCUT2D eigenvalue weighted by molar-refractivity contribution is 0.275. The van der Waals surface area contributed by atoms with Gasteiger partial charge in [-0.2, -0.15) is 0 Å². The first-order valence-corrected chi connectivity index (χ1v) is 5.75. The maximum absolute atomic E-state index is 13.2. The summed E-state index contributed by atoms with van der Waals surface area (Å²) in [5.41, 5.74) is 1.42. The minimum absolute atomic E-state index is 0.207. The maximum Gasteiger partial charge on any atom is 0.130 e. The predicted molar refractivity (Wildman–Crippen MR) is 64.6 cm³/mol. The molecule has 0 aliphatic carbocycles. The Kier molecular flexibility index (Phi) is 3.94. The molecule has 1 aromatic carbocycles. The number of benzene rings is 1. The molecule has 1 heterocycles. The molecular formula is C13H15FN2O2. The van der Waals surface area contributed by atoms with E-state index in [2.05, 4.69) is 4.98 Å². The highest BCUT2D eigenvalue weighted by Gasteiger charge is 2.04. The summed E-state index contributed by atoms with van der Waals surface area (Å²) >= 11 is 0. The standard InChI is InChI=1S/C13H15FN2O2/c1-2-16-9-15-6-12(16)8-18-13-4-10(7-17)3-11(14)5-13/h3-6,9,17H,2,7-8H2,1H3. The van der Waals surface area contributed by atoms with Crippen LogP contribution in [0.1, 0.15) is 18.2 Å². The number of rotatable bonds is 5. The Hall–Kier alpha value is -1.88. The highest BCUT2D eigenvalue weighted by atomic mass is 19.1. The van der Waals surface area contributed by atoms with E-state index >= 15 is 0 Å². The number of ether oxygens (including phenoxy) is 1. The molecule has 0 bridgehead atoms. The molecule has 0 unspecified atom stereocenters. The third kappa shape index (κ3) is 2.87. The number of nitrogens with zero attached hydrogens (tertiary/aromatic N) is 2. The van der Waals surface area contributed by atoms with Crippen molar-refractivity contribution in [3.63, 3.8) is 0 Å². The van der Waals surface area contributed by atoms with Crippen LogP contribution in [0.4, 0.5) is 4.39 Å². The van der Waals surface area contributed by atoms with Crippen LogP contribution in [0.3, 0.4) is 0 Å². The number of halogens is 1. The number of aliphatic hydroxyl groups is 1. The quantitative estimate of drug-likeness (QED) is 0.884. The minimum atomic E-state index is -0.416. The van der Waals surface area contributed by atoms with Crippen LogP contribution >= 0.6 is 0 Å². The van der Waals surface area contributed by atoms with Gasteiger partial charge in [0.05, 0.1) is 24.8 Å². The molecule has 0 amide bonds. The lowest BCUT2D eigenvalue weighted by Gasteiger charge is -2.09. The van der Waals surface area contributed by atoms with Crippen LogP contribution in [-0.4, -0.2) is 14.7 Å². The molecule has 0 aliphatic heterocycles. The Morgan fingerprint density at radius 3 is 2.94 bits per heavy atom. The molecule has 0 saturated heterocycles. The third-order valence-electron chi connectivity index (χ3n) is 2.64. The summed E-state index contributed by atoms with van der Waals surface area (Å²) in [5.74, 6) is -0.0107. The van der Waals surface area contributed by atoms with E-state index in [1.807, 2.05) is 11.5 Å². The average molecular weight is 250 g/mol. The smallest absolute Gasteiger partial charge is 0.130 e. The second kappa shape index (κ2) is 5.64. The van der Waals surface area contributed by atoms with Crippen LogP contribution in [0.2, 0.25) is 0 Å². The predicted octanol–water partition coefficient (Wildman–Crippen LogP) is 2.11. The Morgan fingerprint density at radius 2 is 2.22 bits per heavy atom. The second-order valence-electron chi connectivity index (χ2n) is 3.91. The molecule has 18 heavy (non-hydrogen) atoms. The van der Waals surface area contributed by atoms with Gasteiger partial charge in [-0.1, -0.05) is 0 Å². The molecule has 5 heteroatoms. The van der Waals surface area contributed by atoms with Gasteiger partial charge in [-0.15, -0.1) is 0 Å². The van der Waals surface area contributed by atoms with Crippen LogP contribution in [0.25, 0.3) is 0 Å². The topological polar surface area (TPSA) is 47.3 Å². The zero-order valence-electron chi connectivity index (χ0n) is 10.1. The summed E-state index contributed by atoms with van der Waals surface area (Å²) in [6.45, 7) is 2.93. The molecule has 0 spiro atoms. The van der Waals surface area contributed by atoms with Gasteiger partial charge in [0, 0.05) is 12.6 Å². The molecule has 0 radical (unpaired) electrons. The third-order valence-corrected chi connectivity index (χ3v) is 2.64. The van der Waals surface area contributed by atoms with Crippen molar-refractivity contribution in [3.8, 4) is 5.75 Å². The largest absolute Gasteiger partial charge is 0.487 e. The zero-order chi connectivity index (χ0) is 13.0. The normalized spacial score (nSPS) is 10.6. The van der Waals surface area contributed by atoms with Crippen molar-refractivity contribution in [1.29, 1.82) is 0 Å². The van der Waals surface area contributed by atoms with E-state index in [-0.39, 0.29) is 6.61 Å². The summed E-state index contributed by atoms with van der Waals surface area (Å²) in [7, 11) is 0. The summed E-state index contributed by atoms with van der Waals surface area (Å²) in [4.78, 5) is 4.03. The number of hydrogen-bond acceptors (Lipinski definition) is 3. The van der Waals surface area contributed by atoms with E-state index < -0.39 is 5.82 Å². The van der Waals surface area contributed by atoms with Crippen LogP contribution in [0, 0.1) is 5.82 Å². The minimum Gasteiger partial charge on any atom is -0.487 e. The first-order chi connectivity index (χ1) is 8.72. The Balaban J connectivity index is 2.08. The zero-order valence-corrected chi connectivity index (χ0v) is 10.1.